The van der Waals surface area contributed by atoms with E-state index >= 15 is 0 Å². The van der Waals surface area contributed by atoms with Gasteiger partial charge in [-0.2, -0.15) is 0 Å². The zero-order valence-electron chi connectivity index (χ0n) is 16.8. The monoisotopic (exact) mass is 368 g/mol. The molecule has 0 aliphatic carbocycles. The summed E-state index contributed by atoms with van der Waals surface area (Å²) in [5.41, 5.74) is 3.27. The molecule has 6 heteroatoms. The van der Waals surface area contributed by atoms with Crippen molar-refractivity contribution in [3.05, 3.63) is 35.7 Å². The van der Waals surface area contributed by atoms with Crippen LogP contribution in [-0.2, 0) is 5.41 Å². The van der Waals surface area contributed by atoms with Crippen molar-refractivity contribution in [3.63, 3.8) is 0 Å². The minimum absolute atomic E-state index is 0.0948. The number of ether oxygens (including phenoxy) is 2. The zero-order valence-corrected chi connectivity index (χ0v) is 16.8. The van der Waals surface area contributed by atoms with Gasteiger partial charge in [-0.25, -0.2) is 9.97 Å². The van der Waals surface area contributed by atoms with Crippen molar-refractivity contribution in [1.82, 2.24) is 15.3 Å². The summed E-state index contributed by atoms with van der Waals surface area (Å²) in [5.74, 6) is 1.70. The SMILES string of the molecule is CC[C@]1(C)CN(c2cnc(Oc3ccc(C)c4c3C(C)(C)CO4)nc2)CN1. The Balaban J connectivity index is 1.55. The number of benzene rings is 1. The molecule has 1 saturated heterocycles. The fourth-order valence-corrected chi connectivity index (χ4v) is 3.77. The lowest BCUT2D eigenvalue weighted by Crippen LogP contribution is -2.38. The van der Waals surface area contributed by atoms with Gasteiger partial charge >= 0.3 is 6.01 Å². The first-order chi connectivity index (χ1) is 12.8. The molecule has 1 aromatic carbocycles. The van der Waals surface area contributed by atoms with E-state index in [0.717, 1.165) is 47.9 Å². The molecule has 1 atom stereocenters. The number of aromatic nitrogens is 2. The summed E-state index contributed by atoms with van der Waals surface area (Å²) in [7, 11) is 0. The van der Waals surface area contributed by atoms with Crippen molar-refractivity contribution in [2.45, 2.75) is 52.0 Å². The first-order valence-corrected chi connectivity index (χ1v) is 9.58. The topological polar surface area (TPSA) is 59.5 Å². The Morgan fingerprint density at radius 3 is 2.63 bits per heavy atom. The number of fused-ring (bicyclic) bond motifs is 1. The van der Waals surface area contributed by atoms with Crippen LogP contribution in [0.2, 0.25) is 0 Å². The maximum absolute atomic E-state index is 6.06. The molecule has 4 rings (SSSR count). The van der Waals surface area contributed by atoms with Crippen LogP contribution in [0.3, 0.4) is 0 Å². The highest BCUT2D eigenvalue weighted by Gasteiger charge is 2.36. The molecule has 2 aliphatic rings. The molecule has 3 heterocycles. The van der Waals surface area contributed by atoms with Crippen LogP contribution in [0.25, 0.3) is 0 Å². The highest BCUT2D eigenvalue weighted by molar-refractivity contribution is 5.56. The number of hydrogen-bond acceptors (Lipinski definition) is 6. The molecule has 144 valence electrons. The zero-order chi connectivity index (χ0) is 19.2. The molecular weight excluding hydrogens is 340 g/mol. The molecule has 6 nitrogen and oxygen atoms in total. The first kappa shape index (κ1) is 18.0. The fraction of sp³-hybridized carbons (Fsp3) is 0.524. The number of hydrogen-bond donors (Lipinski definition) is 1. The Morgan fingerprint density at radius 2 is 1.96 bits per heavy atom. The number of aryl methyl sites for hydroxylation is 1. The molecule has 27 heavy (non-hydrogen) atoms. The van der Waals surface area contributed by atoms with Crippen molar-refractivity contribution in [2.75, 3.05) is 24.7 Å². The smallest absolute Gasteiger partial charge is 0.322 e. The molecular formula is C21H28N4O2. The number of nitrogens with zero attached hydrogens (tertiary/aromatic N) is 3. The van der Waals surface area contributed by atoms with Crippen molar-refractivity contribution < 1.29 is 9.47 Å². The van der Waals surface area contributed by atoms with E-state index in [2.05, 4.69) is 54.8 Å². The predicted octanol–water partition coefficient (Wildman–Crippen LogP) is 3.78. The van der Waals surface area contributed by atoms with Gasteiger partial charge in [0, 0.05) is 23.1 Å². The van der Waals surface area contributed by atoms with Crippen LogP contribution in [0.4, 0.5) is 5.69 Å². The Labute approximate surface area is 160 Å². The van der Waals surface area contributed by atoms with Crippen LogP contribution < -0.4 is 19.7 Å². The van der Waals surface area contributed by atoms with Gasteiger partial charge in [-0.15, -0.1) is 0 Å². The average molecular weight is 368 g/mol. The van der Waals surface area contributed by atoms with Crippen molar-refractivity contribution in [1.29, 1.82) is 0 Å². The summed E-state index contributed by atoms with van der Waals surface area (Å²) in [6.45, 7) is 13.3. The number of rotatable bonds is 4. The Bertz CT molecular complexity index is 850. The second-order valence-electron chi connectivity index (χ2n) is 8.53. The minimum atomic E-state index is -0.0948. The van der Waals surface area contributed by atoms with Crippen molar-refractivity contribution in [2.24, 2.45) is 0 Å². The second kappa shape index (κ2) is 6.37. The van der Waals surface area contributed by atoms with Crippen LogP contribution in [-0.4, -0.2) is 35.3 Å². The van der Waals surface area contributed by atoms with Gasteiger partial charge in [0.25, 0.3) is 0 Å². The van der Waals surface area contributed by atoms with Gasteiger partial charge in [0.15, 0.2) is 0 Å². The maximum atomic E-state index is 6.06. The molecule has 1 N–H and O–H groups in total. The lowest BCUT2D eigenvalue weighted by molar-refractivity contribution is 0.289. The number of anilines is 1. The molecule has 2 aliphatic heterocycles. The van der Waals surface area contributed by atoms with E-state index in [4.69, 9.17) is 9.47 Å². The van der Waals surface area contributed by atoms with Crippen LogP contribution in [0.15, 0.2) is 24.5 Å². The van der Waals surface area contributed by atoms with Gasteiger partial charge in [0.2, 0.25) is 0 Å². The maximum Gasteiger partial charge on any atom is 0.322 e. The largest absolute Gasteiger partial charge is 0.492 e. The second-order valence-corrected chi connectivity index (χ2v) is 8.53. The molecule has 0 unspecified atom stereocenters. The van der Waals surface area contributed by atoms with Crippen LogP contribution in [0.5, 0.6) is 17.5 Å². The summed E-state index contributed by atoms with van der Waals surface area (Å²) < 4.78 is 12.0. The van der Waals surface area contributed by atoms with E-state index < -0.39 is 0 Å². The standard InChI is InChI=1S/C21H28N4O2/c1-6-21(5)11-25(13-24-21)15-9-22-19(23-10-15)27-16-8-7-14(2)18-17(16)20(3,4)12-26-18/h7-10,24H,6,11-13H2,1-5H3/t21-/m1/s1. The Morgan fingerprint density at radius 1 is 1.22 bits per heavy atom. The molecule has 0 radical (unpaired) electrons. The summed E-state index contributed by atoms with van der Waals surface area (Å²) in [5, 5.41) is 3.55. The summed E-state index contributed by atoms with van der Waals surface area (Å²) >= 11 is 0. The van der Waals surface area contributed by atoms with Gasteiger partial charge in [-0.05, 0) is 31.9 Å². The van der Waals surface area contributed by atoms with Crippen LogP contribution >= 0.6 is 0 Å². The van der Waals surface area contributed by atoms with E-state index in [1.807, 2.05) is 24.5 Å². The van der Waals surface area contributed by atoms with E-state index in [9.17, 15) is 0 Å². The van der Waals surface area contributed by atoms with Crippen LogP contribution in [0, 0.1) is 6.92 Å². The number of nitrogens with one attached hydrogen (secondary N) is 1. The van der Waals surface area contributed by atoms with E-state index in [-0.39, 0.29) is 11.0 Å². The molecule has 0 spiro atoms. The van der Waals surface area contributed by atoms with Gasteiger partial charge in [-0.1, -0.05) is 26.8 Å². The Kier molecular flexibility index (Phi) is 4.26. The summed E-state index contributed by atoms with van der Waals surface area (Å²) in [6.07, 6.45) is 4.75. The van der Waals surface area contributed by atoms with Gasteiger partial charge in [-0.3, -0.25) is 5.32 Å². The van der Waals surface area contributed by atoms with Gasteiger partial charge in [0.05, 0.1) is 31.4 Å². The van der Waals surface area contributed by atoms with E-state index in [1.54, 1.807) is 0 Å². The molecule has 1 fully saturated rings. The van der Waals surface area contributed by atoms with Gasteiger partial charge in [0.1, 0.15) is 11.5 Å². The van der Waals surface area contributed by atoms with Crippen molar-refractivity contribution in [3.8, 4) is 17.5 Å². The highest BCUT2D eigenvalue weighted by Crippen LogP contribution is 2.46. The van der Waals surface area contributed by atoms with Crippen LogP contribution in [0.1, 0.15) is 45.2 Å². The Hall–Kier alpha value is -2.34. The quantitative estimate of drug-likeness (QED) is 0.886. The molecule has 0 bridgehead atoms. The molecule has 0 amide bonds. The van der Waals surface area contributed by atoms with E-state index in [0.29, 0.717) is 12.6 Å². The molecule has 0 saturated carbocycles. The van der Waals surface area contributed by atoms with Gasteiger partial charge < -0.3 is 14.4 Å². The normalized spacial score (nSPS) is 23.2. The molecule has 1 aromatic heterocycles. The molecule has 2 aromatic rings. The lowest BCUT2D eigenvalue weighted by Gasteiger charge is -2.22. The third-order valence-corrected chi connectivity index (χ3v) is 5.77. The minimum Gasteiger partial charge on any atom is -0.492 e. The third kappa shape index (κ3) is 3.23. The van der Waals surface area contributed by atoms with Crippen molar-refractivity contribution >= 4 is 5.69 Å². The summed E-state index contributed by atoms with van der Waals surface area (Å²) in [6, 6.07) is 4.36. The predicted molar refractivity (Wildman–Crippen MR) is 106 cm³/mol. The fourth-order valence-electron chi connectivity index (χ4n) is 3.77. The highest BCUT2D eigenvalue weighted by atomic mass is 16.5. The first-order valence-electron chi connectivity index (χ1n) is 9.58. The third-order valence-electron chi connectivity index (χ3n) is 5.77. The lowest BCUT2D eigenvalue weighted by atomic mass is 9.85. The summed E-state index contributed by atoms with van der Waals surface area (Å²) in [4.78, 5) is 11.1. The van der Waals surface area contributed by atoms with E-state index in [1.165, 1.54) is 0 Å². The average Bonchev–Trinajstić information content (AvgIpc) is 3.20.